The minimum atomic E-state index is -0.216. The molecule has 0 aromatic carbocycles. The van der Waals surface area contributed by atoms with E-state index in [9.17, 15) is 5.11 Å². The zero-order valence-corrected chi connectivity index (χ0v) is 9.50. The van der Waals surface area contributed by atoms with E-state index >= 15 is 0 Å². The third kappa shape index (κ3) is 1.82. The van der Waals surface area contributed by atoms with Crippen molar-refractivity contribution in [2.45, 2.75) is 31.8 Å². The normalized spacial score (nSPS) is 23.4. The van der Waals surface area contributed by atoms with Gasteiger partial charge in [0.05, 0.1) is 6.10 Å². The van der Waals surface area contributed by atoms with Crippen molar-refractivity contribution in [2.24, 2.45) is 0 Å². The smallest absolute Gasteiger partial charge is 0.230 e. The van der Waals surface area contributed by atoms with Gasteiger partial charge in [0.1, 0.15) is 5.69 Å². The lowest BCUT2D eigenvalue weighted by atomic mass is 9.82. The van der Waals surface area contributed by atoms with Gasteiger partial charge >= 0.3 is 0 Å². The molecule has 0 aliphatic heterocycles. The molecule has 0 bridgehead atoms. The van der Waals surface area contributed by atoms with Gasteiger partial charge in [-0.25, -0.2) is 0 Å². The molecule has 0 amide bonds. The van der Waals surface area contributed by atoms with Crippen LogP contribution in [0.5, 0.6) is 0 Å². The van der Waals surface area contributed by atoms with E-state index in [2.05, 4.69) is 15.1 Å². The van der Waals surface area contributed by atoms with Crippen LogP contribution in [0.3, 0.4) is 0 Å². The number of hydrogen-bond acceptors (Lipinski definition) is 5. The summed E-state index contributed by atoms with van der Waals surface area (Å²) in [5.41, 5.74) is 1.77. The first-order valence-corrected chi connectivity index (χ1v) is 5.67. The van der Waals surface area contributed by atoms with Crippen molar-refractivity contribution in [3.8, 4) is 11.5 Å². The summed E-state index contributed by atoms with van der Waals surface area (Å²) in [5.74, 6) is 1.34. The van der Waals surface area contributed by atoms with Crippen LogP contribution in [-0.4, -0.2) is 26.3 Å². The maximum Gasteiger partial charge on any atom is 0.230 e. The predicted molar refractivity (Wildman–Crippen MR) is 60.2 cm³/mol. The van der Waals surface area contributed by atoms with Crippen molar-refractivity contribution in [3.63, 3.8) is 0 Å². The van der Waals surface area contributed by atoms with Gasteiger partial charge in [-0.05, 0) is 31.4 Å². The van der Waals surface area contributed by atoms with Crippen LogP contribution in [-0.2, 0) is 0 Å². The molecule has 0 unspecified atom stereocenters. The fourth-order valence-corrected chi connectivity index (χ4v) is 2.01. The molecule has 0 spiro atoms. The van der Waals surface area contributed by atoms with Crippen LogP contribution in [0.4, 0.5) is 0 Å². The predicted octanol–water partition coefficient (Wildman–Crippen LogP) is 1.68. The molecule has 1 N–H and O–H groups in total. The first-order chi connectivity index (χ1) is 8.24. The Labute approximate surface area is 98.5 Å². The molecule has 1 fully saturated rings. The average Bonchev–Trinajstić information content (AvgIpc) is 2.74. The Morgan fingerprint density at radius 2 is 2.24 bits per heavy atom. The molecule has 5 nitrogen and oxygen atoms in total. The lowest BCUT2D eigenvalue weighted by molar-refractivity contribution is 0.0625. The lowest BCUT2D eigenvalue weighted by Gasteiger charge is -2.27. The maximum absolute atomic E-state index is 9.25. The van der Waals surface area contributed by atoms with Gasteiger partial charge in [0, 0.05) is 12.1 Å². The lowest BCUT2D eigenvalue weighted by Crippen LogP contribution is -2.26. The van der Waals surface area contributed by atoms with Crippen LogP contribution >= 0.6 is 0 Å². The van der Waals surface area contributed by atoms with Crippen molar-refractivity contribution >= 4 is 0 Å². The monoisotopic (exact) mass is 231 g/mol. The van der Waals surface area contributed by atoms with E-state index in [1.165, 1.54) is 0 Å². The average molecular weight is 231 g/mol. The van der Waals surface area contributed by atoms with E-state index in [-0.39, 0.29) is 12.0 Å². The third-order valence-electron chi connectivity index (χ3n) is 3.13. The van der Waals surface area contributed by atoms with Gasteiger partial charge in [0.15, 0.2) is 0 Å². The number of nitrogens with zero attached hydrogens (tertiary/aromatic N) is 3. The van der Waals surface area contributed by atoms with Crippen molar-refractivity contribution in [1.82, 2.24) is 15.1 Å². The summed E-state index contributed by atoms with van der Waals surface area (Å²) in [6, 6.07) is 3.84. The Balaban J connectivity index is 1.88. The first-order valence-electron chi connectivity index (χ1n) is 5.67. The first kappa shape index (κ1) is 10.4. The number of aromatic nitrogens is 3. The Hall–Kier alpha value is -1.75. The Morgan fingerprint density at radius 1 is 1.41 bits per heavy atom. The number of pyridine rings is 1. The fraction of sp³-hybridized carbons (Fsp3) is 0.417. The molecule has 2 aromatic rings. The largest absolute Gasteiger partial charge is 0.393 e. The third-order valence-corrected chi connectivity index (χ3v) is 3.13. The van der Waals surface area contributed by atoms with Crippen LogP contribution < -0.4 is 0 Å². The van der Waals surface area contributed by atoms with Crippen molar-refractivity contribution < 1.29 is 9.63 Å². The second-order valence-electron chi connectivity index (χ2n) is 4.45. The molecule has 0 atom stereocenters. The van der Waals surface area contributed by atoms with Gasteiger partial charge in [0.2, 0.25) is 11.7 Å². The molecule has 0 radical (unpaired) electrons. The second-order valence-corrected chi connectivity index (χ2v) is 4.45. The van der Waals surface area contributed by atoms with Crippen LogP contribution in [0.25, 0.3) is 11.5 Å². The molecule has 5 heteroatoms. The van der Waals surface area contributed by atoms with Gasteiger partial charge in [-0.1, -0.05) is 11.2 Å². The van der Waals surface area contributed by atoms with Crippen molar-refractivity contribution in [2.75, 3.05) is 0 Å². The van der Waals surface area contributed by atoms with Gasteiger partial charge < -0.3 is 9.63 Å². The summed E-state index contributed by atoms with van der Waals surface area (Å²) in [7, 11) is 0. The Kier molecular flexibility index (Phi) is 2.40. The van der Waals surface area contributed by atoms with E-state index in [4.69, 9.17) is 4.52 Å². The number of aliphatic hydroxyl groups excluding tert-OH is 1. The van der Waals surface area contributed by atoms with E-state index in [1.807, 2.05) is 19.1 Å². The van der Waals surface area contributed by atoms with Gasteiger partial charge in [-0.2, -0.15) is 4.98 Å². The van der Waals surface area contributed by atoms with Gasteiger partial charge in [-0.15, -0.1) is 0 Å². The number of rotatable bonds is 2. The van der Waals surface area contributed by atoms with Gasteiger partial charge in [0.25, 0.3) is 0 Å². The van der Waals surface area contributed by atoms with E-state index < -0.39 is 0 Å². The molecule has 0 saturated heterocycles. The molecular formula is C12H13N3O2. The highest BCUT2D eigenvalue weighted by molar-refractivity contribution is 5.53. The van der Waals surface area contributed by atoms with Crippen molar-refractivity contribution in [3.05, 3.63) is 29.8 Å². The van der Waals surface area contributed by atoms with Gasteiger partial charge in [-0.3, -0.25) is 4.98 Å². The highest BCUT2D eigenvalue weighted by Gasteiger charge is 2.33. The molecule has 88 valence electrons. The number of aliphatic hydroxyl groups is 1. The molecule has 3 rings (SSSR count). The molecule has 1 saturated carbocycles. The minimum absolute atomic E-state index is 0.204. The highest BCUT2D eigenvalue weighted by atomic mass is 16.5. The summed E-state index contributed by atoms with van der Waals surface area (Å²) >= 11 is 0. The summed E-state index contributed by atoms with van der Waals surface area (Å²) in [6.07, 6.45) is 2.92. The zero-order chi connectivity index (χ0) is 11.8. The Morgan fingerprint density at radius 3 is 2.94 bits per heavy atom. The SMILES string of the molecule is Cc1cccnc1-c1noc(C2CC(O)C2)n1. The Bertz CT molecular complexity index is 532. The topological polar surface area (TPSA) is 72.0 Å². The quantitative estimate of drug-likeness (QED) is 0.851. The fourth-order valence-electron chi connectivity index (χ4n) is 2.01. The molecule has 1 aliphatic rings. The molecule has 2 heterocycles. The van der Waals surface area contributed by atoms with E-state index in [1.54, 1.807) is 6.20 Å². The maximum atomic E-state index is 9.25. The summed E-state index contributed by atoms with van der Waals surface area (Å²) in [4.78, 5) is 8.59. The van der Waals surface area contributed by atoms with E-state index in [0.717, 1.165) is 11.3 Å². The van der Waals surface area contributed by atoms with Crippen LogP contribution in [0, 0.1) is 6.92 Å². The second kappa shape index (κ2) is 3.92. The number of aryl methyl sites for hydroxylation is 1. The summed E-state index contributed by atoms with van der Waals surface area (Å²) in [5, 5.41) is 13.2. The van der Waals surface area contributed by atoms with Crippen LogP contribution in [0.2, 0.25) is 0 Å². The molecule has 17 heavy (non-hydrogen) atoms. The molecular weight excluding hydrogens is 218 g/mol. The highest BCUT2D eigenvalue weighted by Crippen LogP contribution is 2.36. The number of hydrogen-bond donors (Lipinski definition) is 1. The standard InChI is InChI=1S/C12H13N3O2/c1-7-3-2-4-13-10(7)11-14-12(17-15-11)8-5-9(16)6-8/h2-4,8-9,16H,5-6H2,1H3. The molecule has 1 aliphatic carbocycles. The van der Waals surface area contributed by atoms with Crippen LogP contribution in [0.1, 0.15) is 30.2 Å². The summed E-state index contributed by atoms with van der Waals surface area (Å²) < 4.78 is 5.21. The summed E-state index contributed by atoms with van der Waals surface area (Å²) in [6.45, 7) is 1.96. The molecule has 2 aromatic heterocycles. The van der Waals surface area contributed by atoms with E-state index in [0.29, 0.717) is 24.6 Å². The minimum Gasteiger partial charge on any atom is -0.393 e. The van der Waals surface area contributed by atoms with Crippen LogP contribution in [0.15, 0.2) is 22.9 Å². The zero-order valence-electron chi connectivity index (χ0n) is 9.50. The van der Waals surface area contributed by atoms with Crippen molar-refractivity contribution in [1.29, 1.82) is 0 Å².